The number of benzene rings is 1. The van der Waals surface area contributed by atoms with E-state index in [1.807, 2.05) is 13.8 Å². The molecule has 3 heterocycles. The smallest absolute Gasteiger partial charge is 0.338 e. The normalized spacial score (nSPS) is 15.9. The molecule has 0 aliphatic carbocycles. The molecule has 0 N–H and O–H groups in total. The van der Waals surface area contributed by atoms with Crippen LogP contribution < -0.4 is 5.56 Å². The zero-order valence-electron chi connectivity index (χ0n) is 18.3. The van der Waals surface area contributed by atoms with Crippen molar-refractivity contribution in [3.05, 3.63) is 57.1 Å². The van der Waals surface area contributed by atoms with Gasteiger partial charge in [0.25, 0.3) is 5.56 Å². The summed E-state index contributed by atoms with van der Waals surface area (Å²) in [6.07, 6.45) is -4.21. The summed E-state index contributed by atoms with van der Waals surface area (Å²) in [5.74, 6) is -1.96. The van der Waals surface area contributed by atoms with E-state index in [9.17, 15) is 36.3 Å². The van der Waals surface area contributed by atoms with Crippen LogP contribution in [0.5, 0.6) is 0 Å². The highest BCUT2D eigenvalue weighted by Crippen LogP contribution is 2.38. The number of hydrogen-bond donors (Lipinski definition) is 0. The first-order chi connectivity index (χ1) is 16.1. The van der Waals surface area contributed by atoms with Gasteiger partial charge < -0.3 is 9.47 Å². The molecule has 182 valence electrons. The molecule has 4 rings (SSSR count). The highest BCUT2D eigenvalue weighted by molar-refractivity contribution is 7.18. The molecule has 1 atom stereocenters. The first kappa shape index (κ1) is 25.5. The molecule has 34 heavy (non-hydrogen) atoms. The van der Waals surface area contributed by atoms with E-state index in [1.54, 1.807) is 0 Å². The van der Waals surface area contributed by atoms with Gasteiger partial charge in [-0.3, -0.25) is 14.4 Å². The van der Waals surface area contributed by atoms with Crippen molar-refractivity contribution in [1.29, 1.82) is 0 Å². The molecule has 1 aromatic carbocycles. The van der Waals surface area contributed by atoms with Crippen molar-refractivity contribution in [2.24, 2.45) is 0 Å². The topological polar surface area (TPSA) is 59.4 Å². The Balaban J connectivity index is 0.00000158. The molecule has 5 nitrogen and oxygen atoms in total. The Morgan fingerprint density at radius 2 is 1.97 bits per heavy atom. The average Bonchev–Trinajstić information content (AvgIpc) is 3.44. The Labute approximate surface area is 195 Å². The van der Waals surface area contributed by atoms with Gasteiger partial charge in [-0.1, -0.05) is 19.9 Å². The minimum atomic E-state index is -4.93. The standard InChI is InChI=1S/C21H15F5N2O3S.C2H6/c22-13-3-4-27(7-13)17(30)8-28-6-12(9-29)19-18(20(28)31)14(10-32-19)11-1-2-16(23)15(5-11)21(24,25)26;1-2/h1-2,5-6,9-10,13H,3-4,7-8H2;1-2H3. The van der Waals surface area contributed by atoms with Crippen LogP contribution in [-0.2, 0) is 17.5 Å². The first-order valence-electron chi connectivity index (χ1n) is 10.5. The second-order valence-electron chi connectivity index (χ2n) is 7.41. The number of likely N-dealkylation sites (tertiary alicyclic amines) is 1. The molecule has 0 spiro atoms. The summed E-state index contributed by atoms with van der Waals surface area (Å²) in [6.45, 7) is 3.67. The maximum absolute atomic E-state index is 13.7. The van der Waals surface area contributed by atoms with Gasteiger partial charge in [0.05, 0.1) is 22.2 Å². The zero-order chi connectivity index (χ0) is 25.2. The number of aldehydes is 1. The van der Waals surface area contributed by atoms with Crippen molar-refractivity contribution in [3.63, 3.8) is 0 Å². The summed E-state index contributed by atoms with van der Waals surface area (Å²) in [5, 5.41) is 1.36. The molecule has 2 aromatic heterocycles. The Morgan fingerprint density at radius 1 is 1.26 bits per heavy atom. The number of carbonyl (C=O) groups is 2. The van der Waals surface area contributed by atoms with Crippen LogP contribution in [0.4, 0.5) is 22.0 Å². The third kappa shape index (κ3) is 4.89. The average molecular weight is 500 g/mol. The van der Waals surface area contributed by atoms with Gasteiger partial charge in [0.15, 0.2) is 6.29 Å². The van der Waals surface area contributed by atoms with Crippen LogP contribution in [-0.4, -0.2) is 40.9 Å². The minimum absolute atomic E-state index is 0.0445. The second kappa shape index (κ2) is 10.0. The molecular weight excluding hydrogens is 479 g/mol. The number of aromatic nitrogens is 1. The van der Waals surface area contributed by atoms with Crippen LogP contribution in [0.15, 0.2) is 34.6 Å². The number of rotatable bonds is 4. The number of amides is 1. The van der Waals surface area contributed by atoms with Crippen LogP contribution in [0.2, 0.25) is 0 Å². The van der Waals surface area contributed by atoms with E-state index in [0.717, 1.165) is 22.0 Å². The van der Waals surface area contributed by atoms with Crippen molar-refractivity contribution in [1.82, 2.24) is 9.47 Å². The number of alkyl halides is 4. The van der Waals surface area contributed by atoms with Crippen LogP contribution >= 0.6 is 11.3 Å². The molecule has 1 amide bonds. The third-order valence-electron chi connectivity index (χ3n) is 5.32. The number of fused-ring (bicyclic) bond motifs is 1. The Kier molecular flexibility index (Phi) is 7.54. The summed E-state index contributed by atoms with van der Waals surface area (Å²) in [4.78, 5) is 38.5. The number of halogens is 5. The van der Waals surface area contributed by atoms with E-state index in [4.69, 9.17) is 0 Å². The molecule has 0 radical (unpaired) electrons. The fourth-order valence-electron chi connectivity index (χ4n) is 3.73. The highest BCUT2D eigenvalue weighted by Gasteiger charge is 2.34. The zero-order valence-corrected chi connectivity index (χ0v) is 19.1. The third-order valence-corrected chi connectivity index (χ3v) is 6.35. The van der Waals surface area contributed by atoms with Crippen molar-refractivity contribution in [2.75, 3.05) is 13.1 Å². The van der Waals surface area contributed by atoms with Crippen LogP contribution in [0.3, 0.4) is 0 Å². The predicted octanol–water partition coefficient (Wildman–Crippen LogP) is 5.30. The van der Waals surface area contributed by atoms with E-state index >= 15 is 0 Å². The molecule has 1 saturated heterocycles. The van der Waals surface area contributed by atoms with E-state index in [2.05, 4.69) is 0 Å². The molecule has 11 heteroatoms. The Bertz CT molecular complexity index is 1280. The lowest BCUT2D eigenvalue weighted by Gasteiger charge is -2.16. The first-order valence-corrected chi connectivity index (χ1v) is 11.4. The summed E-state index contributed by atoms with van der Waals surface area (Å²) in [6, 6.07) is 2.37. The fraction of sp³-hybridized carbons (Fsp3) is 0.348. The van der Waals surface area contributed by atoms with Crippen molar-refractivity contribution >= 4 is 33.6 Å². The Morgan fingerprint density at radius 3 is 2.56 bits per heavy atom. The lowest BCUT2D eigenvalue weighted by Crippen LogP contribution is -2.35. The maximum Gasteiger partial charge on any atom is 0.419 e. The van der Waals surface area contributed by atoms with Crippen LogP contribution in [0, 0.1) is 5.82 Å². The van der Waals surface area contributed by atoms with E-state index < -0.39 is 41.7 Å². The summed E-state index contributed by atoms with van der Waals surface area (Å²) in [7, 11) is 0. The number of hydrogen-bond acceptors (Lipinski definition) is 4. The number of carbonyl (C=O) groups excluding carboxylic acids is 2. The van der Waals surface area contributed by atoms with Gasteiger partial charge in [-0.15, -0.1) is 11.3 Å². The predicted molar refractivity (Wildman–Crippen MR) is 119 cm³/mol. The van der Waals surface area contributed by atoms with Gasteiger partial charge in [0.2, 0.25) is 5.91 Å². The number of pyridine rings is 1. The summed E-state index contributed by atoms with van der Waals surface area (Å²) < 4.78 is 67.8. The van der Waals surface area contributed by atoms with E-state index in [-0.39, 0.29) is 46.3 Å². The van der Waals surface area contributed by atoms with Crippen molar-refractivity contribution in [2.45, 2.75) is 39.2 Å². The number of nitrogens with zero attached hydrogens (tertiary/aromatic N) is 2. The SMILES string of the molecule is CC.O=Cc1cn(CC(=O)N2CCC(F)C2)c(=O)c2c(-c3ccc(F)c(C(F)(F)F)c3)csc12. The fourth-order valence-corrected chi connectivity index (χ4v) is 4.77. The Hall–Kier alpha value is -3.08. The molecule has 1 aliphatic heterocycles. The van der Waals surface area contributed by atoms with Crippen LogP contribution in [0.1, 0.15) is 36.2 Å². The molecule has 3 aromatic rings. The van der Waals surface area contributed by atoms with Gasteiger partial charge >= 0.3 is 6.18 Å². The van der Waals surface area contributed by atoms with Crippen LogP contribution in [0.25, 0.3) is 21.2 Å². The van der Waals surface area contributed by atoms with Crippen molar-refractivity contribution < 1.29 is 31.5 Å². The largest absolute Gasteiger partial charge is 0.419 e. The summed E-state index contributed by atoms with van der Waals surface area (Å²) in [5.41, 5.74) is -2.06. The molecule has 0 saturated carbocycles. The lowest BCUT2D eigenvalue weighted by molar-refractivity contribution is -0.140. The molecule has 1 aliphatic rings. The second-order valence-corrected chi connectivity index (χ2v) is 8.29. The minimum Gasteiger partial charge on any atom is -0.338 e. The monoisotopic (exact) mass is 500 g/mol. The highest BCUT2D eigenvalue weighted by atomic mass is 32.1. The van der Waals surface area contributed by atoms with Gasteiger partial charge in [-0.25, -0.2) is 8.78 Å². The summed E-state index contributed by atoms with van der Waals surface area (Å²) >= 11 is 0.980. The molecule has 1 fully saturated rings. The molecule has 0 bridgehead atoms. The van der Waals surface area contributed by atoms with Gasteiger partial charge in [-0.05, 0) is 24.1 Å². The van der Waals surface area contributed by atoms with Crippen molar-refractivity contribution in [3.8, 4) is 11.1 Å². The quantitative estimate of drug-likeness (QED) is 0.361. The maximum atomic E-state index is 13.7. The molecule has 1 unspecified atom stereocenters. The molecular formula is C23H21F5N2O3S. The van der Waals surface area contributed by atoms with E-state index in [0.29, 0.717) is 18.4 Å². The number of thiophene rings is 1. The van der Waals surface area contributed by atoms with E-state index in [1.165, 1.54) is 16.5 Å². The van der Waals surface area contributed by atoms with Gasteiger partial charge in [0.1, 0.15) is 18.5 Å². The van der Waals surface area contributed by atoms with Gasteiger partial charge in [-0.2, -0.15) is 13.2 Å². The lowest BCUT2D eigenvalue weighted by atomic mass is 10.0. The van der Waals surface area contributed by atoms with Gasteiger partial charge in [0, 0.05) is 29.2 Å².